The van der Waals surface area contributed by atoms with Crippen molar-refractivity contribution in [3.8, 4) is 23.3 Å². The summed E-state index contributed by atoms with van der Waals surface area (Å²) in [5.74, 6) is 0.0372. The molecule has 8 nitrogen and oxygen atoms in total. The van der Waals surface area contributed by atoms with Gasteiger partial charge in [-0.2, -0.15) is 20.7 Å². The zero-order valence-corrected chi connectivity index (χ0v) is 17.7. The van der Waals surface area contributed by atoms with Crippen molar-refractivity contribution in [2.24, 2.45) is 0 Å². The van der Waals surface area contributed by atoms with E-state index in [4.69, 9.17) is 0 Å². The Balaban J connectivity index is 1.58. The maximum absolute atomic E-state index is 11.8. The molecule has 0 radical (unpaired) electrons. The summed E-state index contributed by atoms with van der Waals surface area (Å²) in [4.78, 5) is 13.4. The summed E-state index contributed by atoms with van der Waals surface area (Å²) in [7, 11) is 0. The van der Waals surface area contributed by atoms with Crippen LogP contribution in [0.3, 0.4) is 0 Å². The van der Waals surface area contributed by atoms with Crippen LogP contribution in [-0.4, -0.2) is 31.8 Å². The fourth-order valence-corrected chi connectivity index (χ4v) is 4.94. The van der Waals surface area contributed by atoms with Gasteiger partial charge in [0.15, 0.2) is 0 Å². The Morgan fingerprint density at radius 2 is 1.88 bits per heavy atom. The van der Waals surface area contributed by atoms with Gasteiger partial charge in [-0.25, -0.2) is 4.52 Å². The zero-order chi connectivity index (χ0) is 22.1. The highest BCUT2D eigenvalue weighted by Crippen LogP contribution is 2.37. The van der Waals surface area contributed by atoms with Gasteiger partial charge in [0.1, 0.15) is 12.1 Å². The number of rotatable bonds is 4. The number of pyridine rings is 1. The molecule has 1 N–H and O–H groups in total. The van der Waals surface area contributed by atoms with Crippen molar-refractivity contribution >= 4 is 23.2 Å². The van der Waals surface area contributed by atoms with Crippen molar-refractivity contribution < 1.29 is 4.79 Å². The summed E-state index contributed by atoms with van der Waals surface area (Å²) in [6.45, 7) is 0.647. The van der Waals surface area contributed by atoms with Gasteiger partial charge in [0, 0.05) is 46.3 Å². The molecule has 9 heteroatoms. The fourth-order valence-electron chi connectivity index (χ4n) is 3.85. The van der Waals surface area contributed by atoms with Crippen LogP contribution in [0.15, 0.2) is 64.9 Å². The number of carbonyl (C=O) groups is 1. The van der Waals surface area contributed by atoms with Crippen molar-refractivity contribution in [2.75, 3.05) is 6.54 Å². The number of hydrogen-bond donors (Lipinski definition) is 1. The van der Waals surface area contributed by atoms with Gasteiger partial charge >= 0.3 is 0 Å². The Hall–Kier alpha value is -4.08. The normalized spacial score (nSPS) is 15.8. The summed E-state index contributed by atoms with van der Waals surface area (Å²) in [5, 5.41) is 30.7. The van der Waals surface area contributed by atoms with Gasteiger partial charge in [-0.3, -0.25) is 9.48 Å². The summed E-state index contributed by atoms with van der Waals surface area (Å²) in [6.07, 6.45) is 8.38. The third-order valence-electron chi connectivity index (χ3n) is 5.45. The topological polar surface area (TPSA) is 112 Å². The zero-order valence-electron chi connectivity index (χ0n) is 16.9. The van der Waals surface area contributed by atoms with E-state index in [1.165, 1.54) is 11.8 Å². The fraction of sp³-hybridized carbons (Fsp3) is 0.174. The molecule has 1 aliphatic rings. The number of nitrogens with one attached hydrogen (secondary N) is 1. The molecule has 0 spiro atoms. The number of piperidine rings is 1. The number of benzene rings is 1. The van der Waals surface area contributed by atoms with Crippen LogP contribution in [0.5, 0.6) is 0 Å². The third-order valence-corrected chi connectivity index (χ3v) is 6.56. The molecule has 3 aromatic heterocycles. The third kappa shape index (κ3) is 3.59. The van der Waals surface area contributed by atoms with E-state index >= 15 is 0 Å². The molecule has 4 heterocycles. The van der Waals surface area contributed by atoms with Crippen molar-refractivity contribution in [3.63, 3.8) is 0 Å². The molecule has 1 fully saturated rings. The molecular formula is C23H17N7OS. The molecule has 1 aromatic carbocycles. The molecule has 156 valence electrons. The molecular weight excluding hydrogens is 422 g/mol. The predicted octanol–water partition coefficient (Wildman–Crippen LogP) is 3.54. The first-order valence-electron chi connectivity index (χ1n) is 10.1. The molecule has 0 bridgehead atoms. The lowest BCUT2D eigenvalue weighted by Gasteiger charge is -2.22. The smallest absolute Gasteiger partial charge is 0.222 e. The lowest BCUT2D eigenvalue weighted by Crippen LogP contribution is -2.34. The number of aromatic nitrogens is 4. The molecule has 0 saturated carbocycles. The van der Waals surface area contributed by atoms with E-state index in [9.17, 15) is 15.3 Å². The Labute approximate surface area is 188 Å². The monoisotopic (exact) mass is 439 g/mol. The quantitative estimate of drug-likeness (QED) is 0.520. The average Bonchev–Trinajstić information content (AvgIpc) is 3.47. The van der Waals surface area contributed by atoms with Crippen LogP contribution in [0.4, 0.5) is 0 Å². The molecule has 1 aliphatic heterocycles. The van der Waals surface area contributed by atoms with Gasteiger partial charge in [-0.05, 0) is 24.6 Å². The van der Waals surface area contributed by atoms with Crippen LogP contribution in [0.2, 0.25) is 0 Å². The van der Waals surface area contributed by atoms with Crippen molar-refractivity contribution in [1.29, 1.82) is 10.5 Å². The van der Waals surface area contributed by atoms with E-state index in [2.05, 4.69) is 27.7 Å². The molecule has 0 aliphatic carbocycles. The first-order chi connectivity index (χ1) is 15.7. The predicted molar refractivity (Wildman–Crippen MR) is 118 cm³/mol. The highest BCUT2D eigenvalue weighted by Gasteiger charge is 2.22. The second-order valence-electron chi connectivity index (χ2n) is 7.47. The second kappa shape index (κ2) is 8.22. The Kier molecular flexibility index (Phi) is 5.10. The number of carbonyl (C=O) groups excluding carboxylic acids is 1. The SMILES string of the molecule is N#Cc1ccccc1Sc1cc(-c2cnn([C@@H]3CCNC(=O)C3)c2)cn2ncc(C#N)c12. The Morgan fingerprint density at radius 3 is 2.69 bits per heavy atom. The lowest BCUT2D eigenvalue weighted by atomic mass is 10.1. The molecule has 32 heavy (non-hydrogen) atoms. The average molecular weight is 440 g/mol. The van der Waals surface area contributed by atoms with Gasteiger partial charge in [0.2, 0.25) is 5.91 Å². The van der Waals surface area contributed by atoms with Crippen LogP contribution in [0.25, 0.3) is 16.6 Å². The standard InChI is InChI=1S/C23H17N7OS/c24-9-15-3-1-2-4-20(15)32-21-7-16(13-30-23(21)17(10-25)11-28-30)18-12-27-29(14-18)19-5-6-26-22(31)8-19/h1-4,7,11-14,19H,5-6,8H2,(H,26,31)/t19-/m1/s1. The molecule has 5 rings (SSSR count). The first kappa shape index (κ1) is 19.9. The number of nitriles is 2. The van der Waals surface area contributed by atoms with Gasteiger partial charge in [0.25, 0.3) is 0 Å². The van der Waals surface area contributed by atoms with Crippen molar-refractivity contribution in [2.45, 2.75) is 28.7 Å². The second-order valence-corrected chi connectivity index (χ2v) is 8.56. The summed E-state index contributed by atoms with van der Waals surface area (Å²) < 4.78 is 3.54. The summed E-state index contributed by atoms with van der Waals surface area (Å²) in [5.41, 5.74) is 3.51. The maximum Gasteiger partial charge on any atom is 0.222 e. The molecule has 1 amide bonds. The van der Waals surface area contributed by atoms with Crippen LogP contribution >= 0.6 is 11.8 Å². The maximum atomic E-state index is 11.8. The van der Waals surface area contributed by atoms with Crippen LogP contribution in [-0.2, 0) is 4.79 Å². The summed E-state index contributed by atoms with van der Waals surface area (Å²) in [6, 6.07) is 13.8. The highest BCUT2D eigenvalue weighted by atomic mass is 32.2. The Morgan fingerprint density at radius 1 is 1.03 bits per heavy atom. The number of fused-ring (bicyclic) bond motifs is 1. The van der Waals surface area contributed by atoms with Gasteiger partial charge in [-0.1, -0.05) is 23.9 Å². The number of hydrogen-bond acceptors (Lipinski definition) is 6. The lowest BCUT2D eigenvalue weighted by molar-refractivity contribution is -0.123. The first-order valence-corrected chi connectivity index (χ1v) is 10.9. The van der Waals surface area contributed by atoms with Crippen LogP contribution < -0.4 is 5.32 Å². The molecule has 1 saturated heterocycles. The van der Waals surface area contributed by atoms with E-state index in [-0.39, 0.29) is 11.9 Å². The van der Waals surface area contributed by atoms with Gasteiger partial charge in [0.05, 0.1) is 35.1 Å². The van der Waals surface area contributed by atoms with Gasteiger partial charge < -0.3 is 5.32 Å². The van der Waals surface area contributed by atoms with E-state index in [0.717, 1.165) is 27.3 Å². The van der Waals surface area contributed by atoms with E-state index in [0.29, 0.717) is 29.6 Å². The number of nitrogens with zero attached hydrogens (tertiary/aromatic N) is 6. The minimum Gasteiger partial charge on any atom is -0.356 e. The highest BCUT2D eigenvalue weighted by molar-refractivity contribution is 7.99. The van der Waals surface area contributed by atoms with Gasteiger partial charge in [-0.15, -0.1) is 0 Å². The van der Waals surface area contributed by atoms with Crippen molar-refractivity contribution in [3.05, 3.63) is 66.2 Å². The minimum absolute atomic E-state index is 0.0347. The van der Waals surface area contributed by atoms with E-state index in [1.807, 2.05) is 41.3 Å². The van der Waals surface area contributed by atoms with Crippen LogP contribution in [0.1, 0.15) is 30.0 Å². The Bertz CT molecular complexity index is 1420. The molecule has 1 atom stereocenters. The number of amides is 1. The van der Waals surface area contributed by atoms with E-state index < -0.39 is 0 Å². The molecule has 4 aromatic rings. The molecule has 0 unspecified atom stereocenters. The van der Waals surface area contributed by atoms with E-state index in [1.54, 1.807) is 23.0 Å². The minimum atomic E-state index is 0.0347. The van der Waals surface area contributed by atoms with Crippen LogP contribution in [0, 0.1) is 22.7 Å². The largest absolute Gasteiger partial charge is 0.356 e. The summed E-state index contributed by atoms with van der Waals surface area (Å²) >= 11 is 1.43. The van der Waals surface area contributed by atoms with Crippen molar-refractivity contribution in [1.82, 2.24) is 24.7 Å².